The maximum absolute atomic E-state index is 12.2. The molecule has 1 N–H and O–H groups in total. The van der Waals surface area contributed by atoms with Crippen molar-refractivity contribution in [3.05, 3.63) is 59.7 Å². The van der Waals surface area contributed by atoms with Crippen LogP contribution in [-0.4, -0.2) is 25.1 Å². The molecule has 2 aromatic rings. The quantitative estimate of drug-likeness (QED) is 0.826. The highest BCUT2D eigenvalue weighted by Crippen LogP contribution is 2.16. The van der Waals surface area contributed by atoms with Gasteiger partial charge in [-0.3, -0.25) is 4.79 Å². The Morgan fingerprint density at radius 2 is 1.83 bits per heavy atom. The predicted molar refractivity (Wildman–Crippen MR) is 92.3 cm³/mol. The van der Waals surface area contributed by atoms with Gasteiger partial charge in [0.1, 0.15) is 5.75 Å². The zero-order valence-corrected chi connectivity index (χ0v) is 14.0. The third-order valence-electron chi connectivity index (χ3n) is 3.56. The first kappa shape index (κ1) is 17.5. The number of rotatable bonds is 6. The van der Waals surface area contributed by atoms with Crippen LogP contribution in [0.15, 0.2) is 48.5 Å². The van der Waals surface area contributed by atoms with Gasteiger partial charge in [-0.1, -0.05) is 25.1 Å². The molecule has 0 saturated carbocycles. The van der Waals surface area contributed by atoms with E-state index in [1.54, 1.807) is 31.2 Å². The van der Waals surface area contributed by atoms with Crippen molar-refractivity contribution in [2.45, 2.75) is 26.4 Å². The Bertz CT molecular complexity index is 710. The van der Waals surface area contributed by atoms with Gasteiger partial charge in [0.2, 0.25) is 0 Å². The third-order valence-corrected chi connectivity index (χ3v) is 3.56. The molecule has 0 fully saturated rings. The molecule has 0 aliphatic heterocycles. The van der Waals surface area contributed by atoms with Crippen molar-refractivity contribution in [3.63, 3.8) is 0 Å². The van der Waals surface area contributed by atoms with Gasteiger partial charge < -0.3 is 14.8 Å². The van der Waals surface area contributed by atoms with Gasteiger partial charge >= 0.3 is 5.97 Å². The van der Waals surface area contributed by atoms with Crippen molar-refractivity contribution in [2.24, 2.45) is 0 Å². The fourth-order valence-electron chi connectivity index (χ4n) is 2.15. The van der Waals surface area contributed by atoms with E-state index in [4.69, 9.17) is 4.74 Å². The maximum atomic E-state index is 12.2. The summed E-state index contributed by atoms with van der Waals surface area (Å²) in [5.74, 6) is -0.110. The molecule has 5 nitrogen and oxygen atoms in total. The van der Waals surface area contributed by atoms with Crippen LogP contribution in [0.25, 0.3) is 0 Å². The number of nitrogens with one attached hydrogen (secondary N) is 1. The van der Waals surface area contributed by atoms with Gasteiger partial charge in [0, 0.05) is 5.69 Å². The van der Waals surface area contributed by atoms with Crippen LogP contribution >= 0.6 is 0 Å². The van der Waals surface area contributed by atoms with Crippen LogP contribution in [0.3, 0.4) is 0 Å². The SMILES string of the molecule is CCc1ccc(OC(C)C(=O)Nc2cccc(C(=O)OC)c2)cc1. The molecular weight excluding hydrogens is 306 g/mol. The zero-order valence-electron chi connectivity index (χ0n) is 14.0. The van der Waals surface area contributed by atoms with E-state index in [9.17, 15) is 9.59 Å². The Labute approximate surface area is 141 Å². The molecule has 0 bridgehead atoms. The average Bonchev–Trinajstić information content (AvgIpc) is 2.61. The summed E-state index contributed by atoms with van der Waals surface area (Å²) in [5.41, 5.74) is 2.10. The second kappa shape index (κ2) is 8.15. The lowest BCUT2D eigenvalue weighted by Crippen LogP contribution is -2.30. The van der Waals surface area contributed by atoms with Crippen LogP contribution in [0.4, 0.5) is 5.69 Å². The number of carbonyl (C=O) groups excluding carboxylic acids is 2. The Balaban J connectivity index is 1.99. The number of esters is 1. The lowest BCUT2D eigenvalue weighted by Gasteiger charge is -2.15. The number of aryl methyl sites for hydroxylation is 1. The molecule has 0 aromatic heterocycles. The summed E-state index contributed by atoms with van der Waals surface area (Å²) < 4.78 is 10.3. The van der Waals surface area contributed by atoms with E-state index in [-0.39, 0.29) is 5.91 Å². The molecule has 24 heavy (non-hydrogen) atoms. The van der Waals surface area contributed by atoms with Gasteiger partial charge in [0.25, 0.3) is 5.91 Å². The molecule has 1 unspecified atom stereocenters. The number of anilines is 1. The third kappa shape index (κ3) is 4.59. The standard InChI is InChI=1S/C19H21NO4/c1-4-14-8-10-17(11-9-14)24-13(2)18(21)20-16-7-5-6-15(12-16)19(22)23-3/h5-13H,4H2,1-3H3,(H,20,21). The van der Waals surface area contributed by atoms with Crippen molar-refractivity contribution in [2.75, 3.05) is 12.4 Å². The summed E-state index contributed by atoms with van der Waals surface area (Å²) in [7, 11) is 1.31. The molecule has 2 rings (SSSR count). The second-order valence-corrected chi connectivity index (χ2v) is 5.32. The summed E-state index contributed by atoms with van der Waals surface area (Å²) in [5, 5.41) is 2.73. The van der Waals surface area contributed by atoms with E-state index in [0.29, 0.717) is 17.0 Å². The minimum atomic E-state index is -0.667. The summed E-state index contributed by atoms with van der Waals surface area (Å²) >= 11 is 0. The minimum absolute atomic E-state index is 0.295. The van der Waals surface area contributed by atoms with Gasteiger partial charge in [-0.05, 0) is 49.2 Å². The molecule has 126 valence electrons. The van der Waals surface area contributed by atoms with Crippen molar-refractivity contribution < 1.29 is 19.1 Å². The van der Waals surface area contributed by atoms with E-state index in [0.717, 1.165) is 6.42 Å². The van der Waals surface area contributed by atoms with Crippen LogP contribution in [0.1, 0.15) is 29.8 Å². The summed E-state index contributed by atoms with van der Waals surface area (Å²) in [6.45, 7) is 3.75. The van der Waals surface area contributed by atoms with Crippen LogP contribution in [-0.2, 0) is 16.0 Å². The van der Waals surface area contributed by atoms with Crippen LogP contribution < -0.4 is 10.1 Å². The first-order chi connectivity index (χ1) is 11.5. The monoisotopic (exact) mass is 327 g/mol. The lowest BCUT2D eigenvalue weighted by atomic mass is 10.2. The van der Waals surface area contributed by atoms with E-state index in [1.807, 2.05) is 24.3 Å². The van der Waals surface area contributed by atoms with Crippen LogP contribution in [0.5, 0.6) is 5.75 Å². The zero-order chi connectivity index (χ0) is 17.5. The number of methoxy groups -OCH3 is 1. The fraction of sp³-hybridized carbons (Fsp3) is 0.263. The molecule has 0 aliphatic rings. The summed E-state index contributed by atoms with van der Waals surface area (Å²) in [6.07, 6.45) is 0.284. The Kier molecular flexibility index (Phi) is 5.95. The number of carbonyl (C=O) groups is 2. The first-order valence-corrected chi connectivity index (χ1v) is 7.78. The largest absolute Gasteiger partial charge is 0.481 e. The van der Waals surface area contributed by atoms with E-state index in [1.165, 1.54) is 12.7 Å². The molecule has 1 amide bonds. The molecule has 0 radical (unpaired) electrons. The summed E-state index contributed by atoms with van der Waals surface area (Å²) in [4.78, 5) is 23.8. The van der Waals surface area contributed by atoms with Crippen LogP contribution in [0, 0.1) is 0 Å². The Hall–Kier alpha value is -2.82. The van der Waals surface area contributed by atoms with Gasteiger partial charge in [-0.25, -0.2) is 4.79 Å². The Morgan fingerprint density at radius 3 is 2.46 bits per heavy atom. The van der Waals surface area contributed by atoms with Gasteiger partial charge in [0.15, 0.2) is 6.10 Å². The maximum Gasteiger partial charge on any atom is 0.337 e. The van der Waals surface area contributed by atoms with Gasteiger partial charge in [-0.2, -0.15) is 0 Å². The molecule has 0 saturated heterocycles. The predicted octanol–water partition coefficient (Wildman–Crippen LogP) is 3.44. The highest BCUT2D eigenvalue weighted by molar-refractivity contribution is 5.96. The highest BCUT2D eigenvalue weighted by Gasteiger charge is 2.15. The number of hydrogen-bond acceptors (Lipinski definition) is 4. The van der Waals surface area contributed by atoms with Crippen molar-refractivity contribution in [1.82, 2.24) is 0 Å². The molecule has 0 spiro atoms. The molecule has 0 aliphatic carbocycles. The number of ether oxygens (including phenoxy) is 2. The number of amides is 1. The molecule has 1 atom stereocenters. The van der Waals surface area contributed by atoms with E-state index >= 15 is 0 Å². The summed E-state index contributed by atoms with van der Waals surface area (Å²) in [6, 6.07) is 14.2. The topological polar surface area (TPSA) is 64.6 Å². The van der Waals surface area contributed by atoms with Crippen molar-refractivity contribution >= 4 is 17.6 Å². The van der Waals surface area contributed by atoms with Crippen molar-refractivity contribution in [3.8, 4) is 5.75 Å². The number of hydrogen-bond donors (Lipinski definition) is 1. The smallest absolute Gasteiger partial charge is 0.337 e. The fourth-order valence-corrected chi connectivity index (χ4v) is 2.15. The molecule has 0 heterocycles. The van der Waals surface area contributed by atoms with Crippen LogP contribution in [0.2, 0.25) is 0 Å². The normalized spacial score (nSPS) is 11.5. The van der Waals surface area contributed by atoms with E-state index < -0.39 is 12.1 Å². The second-order valence-electron chi connectivity index (χ2n) is 5.32. The Morgan fingerprint density at radius 1 is 1.12 bits per heavy atom. The van der Waals surface area contributed by atoms with E-state index in [2.05, 4.69) is 17.0 Å². The molecule has 5 heteroatoms. The molecule has 2 aromatic carbocycles. The molecular formula is C19H21NO4. The highest BCUT2D eigenvalue weighted by atomic mass is 16.5. The van der Waals surface area contributed by atoms with Gasteiger partial charge in [0.05, 0.1) is 12.7 Å². The average molecular weight is 327 g/mol. The van der Waals surface area contributed by atoms with Crippen molar-refractivity contribution in [1.29, 1.82) is 0 Å². The first-order valence-electron chi connectivity index (χ1n) is 7.78. The number of benzene rings is 2. The minimum Gasteiger partial charge on any atom is -0.481 e. The van der Waals surface area contributed by atoms with Gasteiger partial charge in [-0.15, -0.1) is 0 Å². The lowest BCUT2D eigenvalue weighted by molar-refractivity contribution is -0.122.